The van der Waals surface area contributed by atoms with E-state index in [0.717, 1.165) is 17.4 Å². The van der Waals surface area contributed by atoms with Crippen LogP contribution in [0.25, 0.3) is 0 Å². The lowest BCUT2D eigenvalue weighted by atomic mass is 10.1. The van der Waals surface area contributed by atoms with Gasteiger partial charge in [0.25, 0.3) is 0 Å². The molecule has 0 aliphatic heterocycles. The number of rotatable bonds is 4. The van der Waals surface area contributed by atoms with Crippen molar-refractivity contribution >= 4 is 11.4 Å². The van der Waals surface area contributed by atoms with Crippen LogP contribution in [0, 0.1) is 18.6 Å². The summed E-state index contributed by atoms with van der Waals surface area (Å²) in [7, 11) is 3.98. The van der Waals surface area contributed by atoms with E-state index in [1.165, 1.54) is 11.6 Å². The molecule has 0 aliphatic rings. The molecule has 0 aliphatic carbocycles. The fourth-order valence-corrected chi connectivity index (χ4v) is 2.05. The molecule has 2 aromatic carbocycles. The molecule has 0 atom stereocenters. The normalized spacial score (nSPS) is 10.4. The van der Waals surface area contributed by atoms with Crippen molar-refractivity contribution in [1.82, 2.24) is 0 Å². The maximum absolute atomic E-state index is 13.1. The van der Waals surface area contributed by atoms with Crippen molar-refractivity contribution in [3.8, 4) is 0 Å². The van der Waals surface area contributed by atoms with Gasteiger partial charge in [0, 0.05) is 32.0 Å². The van der Waals surface area contributed by atoms with Crippen molar-refractivity contribution in [1.29, 1.82) is 0 Å². The molecule has 0 aromatic heterocycles. The van der Waals surface area contributed by atoms with E-state index in [1.807, 2.05) is 37.2 Å². The molecular formula is C16H18F2N2. The van der Waals surface area contributed by atoms with Gasteiger partial charge in [-0.15, -0.1) is 0 Å². The second-order valence-electron chi connectivity index (χ2n) is 5.00. The quantitative estimate of drug-likeness (QED) is 0.909. The number of nitrogens with one attached hydrogen (secondary N) is 1. The molecule has 0 unspecified atom stereocenters. The second-order valence-corrected chi connectivity index (χ2v) is 5.00. The van der Waals surface area contributed by atoms with Gasteiger partial charge in [-0.1, -0.05) is 12.1 Å². The molecule has 0 bridgehead atoms. The van der Waals surface area contributed by atoms with Crippen LogP contribution < -0.4 is 10.2 Å². The van der Waals surface area contributed by atoms with Gasteiger partial charge in [-0.25, -0.2) is 8.78 Å². The first-order valence-electron chi connectivity index (χ1n) is 6.43. The molecule has 0 heterocycles. The first kappa shape index (κ1) is 14.3. The predicted molar refractivity (Wildman–Crippen MR) is 79.2 cm³/mol. The van der Waals surface area contributed by atoms with Gasteiger partial charge >= 0.3 is 0 Å². The Hall–Kier alpha value is -2.10. The summed E-state index contributed by atoms with van der Waals surface area (Å²) in [6.45, 7) is 2.50. The first-order chi connectivity index (χ1) is 9.47. The van der Waals surface area contributed by atoms with Crippen molar-refractivity contribution in [2.45, 2.75) is 13.5 Å². The molecule has 0 spiro atoms. The third-order valence-electron chi connectivity index (χ3n) is 3.17. The van der Waals surface area contributed by atoms with Gasteiger partial charge in [0.05, 0.1) is 0 Å². The standard InChI is InChI=1S/C16H18F2N2/c1-11-4-6-13(9-16(11)20(2)3)19-10-12-5-7-14(17)15(18)8-12/h4-9,19H,10H2,1-3H3. The van der Waals surface area contributed by atoms with Crippen molar-refractivity contribution < 1.29 is 8.78 Å². The lowest BCUT2D eigenvalue weighted by molar-refractivity contribution is 0.507. The van der Waals surface area contributed by atoms with Crippen LogP contribution in [0.4, 0.5) is 20.2 Å². The molecule has 1 N–H and O–H groups in total. The molecule has 2 rings (SSSR count). The average Bonchev–Trinajstić information content (AvgIpc) is 2.41. The van der Waals surface area contributed by atoms with Gasteiger partial charge in [0.2, 0.25) is 0 Å². The number of nitrogens with zero attached hydrogens (tertiary/aromatic N) is 1. The summed E-state index contributed by atoms with van der Waals surface area (Å²) in [5, 5.41) is 3.21. The van der Waals surface area contributed by atoms with Gasteiger partial charge in [0.1, 0.15) is 0 Å². The summed E-state index contributed by atoms with van der Waals surface area (Å²) >= 11 is 0. The number of hydrogen-bond acceptors (Lipinski definition) is 2. The summed E-state index contributed by atoms with van der Waals surface area (Å²) in [6, 6.07) is 9.98. The van der Waals surface area contributed by atoms with E-state index in [2.05, 4.69) is 12.2 Å². The first-order valence-corrected chi connectivity index (χ1v) is 6.43. The Morgan fingerprint density at radius 2 is 1.75 bits per heavy atom. The maximum atomic E-state index is 13.1. The van der Waals surface area contributed by atoms with E-state index in [0.29, 0.717) is 12.1 Å². The Morgan fingerprint density at radius 1 is 1.00 bits per heavy atom. The fourth-order valence-electron chi connectivity index (χ4n) is 2.05. The Balaban J connectivity index is 2.10. The van der Waals surface area contributed by atoms with Gasteiger partial charge in [-0.3, -0.25) is 0 Å². The SMILES string of the molecule is Cc1ccc(NCc2ccc(F)c(F)c2)cc1N(C)C. The second kappa shape index (κ2) is 5.90. The van der Waals surface area contributed by atoms with E-state index >= 15 is 0 Å². The Bertz CT molecular complexity index is 609. The molecule has 0 amide bonds. The highest BCUT2D eigenvalue weighted by Gasteiger charge is 2.04. The van der Waals surface area contributed by atoms with Crippen molar-refractivity contribution in [3.63, 3.8) is 0 Å². The lowest BCUT2D eigenvalue weighted by Gasteiger charge is -2.17. The molecule has 106 valence electrons. The van der Waals surface area contributed by atoms with Crippen LogP contribution in [0.1, 0.15) is 11.1 Å². The molecule has 0 saturated heterocycles. The van der Waals surface area contributed by atoms with Crippen LogP contribution in [-0.4, -0.2) is 14.1 Å². The molecular weight excluding hydrogens is 258 g/mol. The lowest BCUT2D eigenvalue weighted by Crippen LogP contribution is -2.11. The zero-order chi connectivity index (χ0) is 14.7. The van der Waals surface area contributed by atoms with E-state index < -0.39 is 11.6 Å². The average molecular weight is 276 g/mol. The van der Waals surface area contributed by atoms with Crippen LogP contribution >= 0.6 is 0 Å². The summed E-state index contributed by atoms with van der Waals surface area (Å²) in [4.78, 5) is 2.04. The Morgan fingerprint density at radius 3 is 2.40 bits per heavy atom. The third kappa shape index (κ3) is 3.26. The maximum Gasteiger partial charge on any atom is 0.159 e. The molecule has 2 nitrogen and oxygen atoms in total. The topological polar surface area (TPSA) is 15.3 Å². The van der Waals surface area contributed by atoms with E-state index in [1.54, 1.807) is 6.07 Å². The van der Waals surface area contributed by atoms with E-state index in [4.69, 9.17) is 0 Å². The predicted octanol–water partition coefficient (Wildman–Crippen LogP) is 3.95. The minimum Gasteiger partial charge on any atom is -0.381 e. The minimum atomic E-state index is -0.820. The van der Waals surface area contributed by atoms with Gasteiger partial charge < -0.3 is 10.2 Å². The molecule has 4 heteroatoms. The van der Waals surface area contributed by atoms with Gasteiger partial charge in [0.15, 0.2) is 11.6 Å². The van der Waals surface area contributed by atoms with Gasteiger partial charge in [-0.05, 0) is 42.3 Å². The van der Waals surface area contributed by atoms with Crippen LogP contribution in [-0.2, 0) is 6.54 Å². The van der Waals surface area contributed by atoms with Crippen LogP contribution in [0.3, 0.4) is 0 Å². The molecule has 0 radical (unpaired) electrons. The Labute approximate surface area is 118 Å². The highest BCUT2D eigenvalue weighted by Crippen LogP contribution is 2.23. The van der Waals surface area contributed by atoms with Crippen LogP contribution in [0.2, 0.25) is 0 Å². The van der Waals surface area contributed by atoms with Crippen LogP contribution in [0.15, 0.2) is 36.4 Å². The number of anilines is 2. The number of benzene rings is 2. The van der Waals surface area contributed by atoms with Crippen LogP contribution in [0.5, 0.6) is 0 Å². The Kier molecular flexibility index (Phi) is 4.23. The van der Waals surface area contributed by atoms with E-state index in [-0.39, 0.29) is 0 Å². The summed E-state index contributed by atoms with van der Waals surface area (Å²) < 4.78 is 26.0. The number of hydrogen-bond donors (Lipinski definition) is 1. The smallest absolute Gasteiger partial charge is 0.159 e. The largest absolute Gasteiger partial charge is 0.381 e. The van der Waals surface area contributed by atoms with Crippen molar-refractivity contribution in [3.05, 3.63) is 59.2 Å². The van der Waals surface area contributed by atoms with Crippen molar-refractivity contribution in [2.75, 3.05) is 24.3 Å². The van der Waals surface area contributed by atoms with Gasteiger partial charge in [-0.2, -0.15) is 0 Å². The zero-order valence-corrected chi connectivity index (χ0v) is 11.9. The fraction of sp³-hybridized carbons (Fsp3) is 0.250. The summed E-state index contributed by atoms with van der Waals surface area (Å²) in [5.41, 5.74) is 3.97. The van der Waals surface area contributed by atoms with Crippen molar-refractivity contribution in [2.24, 2.45) is 0 Å². The molecule has 0 saturated carbocycles. The van der Waals surface area contributed by atoms with E-state index in [9.17, 15) is 8.78 Å². The molecule has 2 aromatic rings. The molecule has 20 heavy (non-hydrogen) atoms. The summed E-state index contributed by atoms with van der Waals surface area (Å²) in [5.74, 6) is -1.64. The highest BCUT2D eigenvalue weighted by molar-refractivity contribution is 5.61. The number of halogens is 2. The monoisotopic (exact) mass is 276 g/mol. The zero-order valence-electron chi connectivity index (χ0n) is 11.9. The minimum absolute atomic E-state index is 0.452. The molecule has 0 fully saturated rings. The summed E-state index contributed by atoms with van der Waals surface area (Å²) in [6.07, 6.45) is 0. The highest BCUT2D eigenvalue weighted by atomic mass is 19.2. The third-order valence-corrected chi connectivity index (χ3v) is 3.17. The number of aryl methyl sites for hydroxylation is 1.